The predicted octanol–water partition coefficient (Wildman–Crippen LogP) is 3.52. The molecule has 5 N–H and O–H groups in total. The first-order valence-electron chi connectivity index (χ1n) is 12.1. The Hall–Kier alpha value is -2.96. The van der Waals surface area contributed by atoms with Gasteiger partial charge < -0.3 is 26.4 Å². The Balaban J connectivity index is 0.00000533. The Morgan fingerprint density at radius 3 is 2.49 bits per heavy atom. The summed E-state index contributed by atoms with van der Waals surface area (Å²) in [5.41, 5.74) is 7.21. The van der Waals surface area contributed by atoms with Crippen LogP contribution in [0.2, 0.25) is 0 Å². The molecule has 13 heteroatoms. The lowest BCUT2D eigenvalue weighted by atomic mass is 10.0. The van der Waals surface area contributed by atoms with Gasteiger partial charge >= 0.3 is 5.97 Å². The van der Waals surface area contributed by atoms with Crippen LogP contribution in [0.4, 0.5) is 18.9 Å². The van der Waals surface area contributed by atoms with Crippen LogP contribution >= 0.6 is 24.2 Å². The van der Waals surface area contributed by atoms with Crippen molar-refractivity contribution >= 4 is 47.6 Å². The number of thioether (sulfide) groups is 1. The number of hydrogen-bond donors (Lipinski definition) is 4. The van der Waals surface area contributed by atoms with Gasteiger partial charge in [-0.05, 0) is 41.7 Å². The van der Waals surface area contributed by atoms with Crippen LogP contribution in [0, 0.1) is 23.4 Å². The van der Waals surface area contributed by atoms with Gasteiger partial charge in [0.25, 0.3) is 5.91 Å². The van der Waals surface area contributed by atoms with Gasteiger partial charge in [-0.2, -0.15) is 0 Å². The van der Waals surface area contributed by atoms with E-state index in [2.05, 4.69) is 10.6 Å². The zero-order chi connectivity index (χ0) is 28.0. The van der Waals surface area contributed by atoms with Crippen LogP contribution in [0.25, 0.3) is 0 Å². The smallest absolute Gasteiger partial charge is 0.326 e. The van der Waals surface area contributed by atoms with Crippen molar-refractivity contribution in [2.45, 2.75) is 50.7 Å². The molecule has 2 aromatic carbocycles. The summed E-state index contributed by atoms with van der Waals surface area (Å²) < 4.78 is 40.6. The van der Waals surface area contributed by atoms with Gasteiger partial charge in [0.05, 0.1) is 0 Å². The van der Waals surface area contributed by atoms with Crippen LogP contribution in [0.15, 0.2) is 36.4 Å². The molecule has 0 radical (unpaired) electrons. The molecule has 214 valence electrons. The molecular weight excluding hydrogens is 557 g/mol. The van der Waals surface area contributed by atoms with Crippen molar-refractivity contribution in [3.63, 3.8) is 0 Å². The first kappa shape index (κ1) is 32.3. The molecule has 0 spiro atoms. The third-order valence-electron chi connectivity index (χ3n) is 6.09. The summed E-state index contributed by atoms with van der Waals surface area (Å²) in [5.74, 6) is -4.77. The van der Waals surface area contributed by atoms with E-state index in [1.165, 1.54) is 16.7 Å². The molecule has 39 heavy (non-hydrogen) atoms. The van der Waals surface area contributed by atoms with Crippen molar-refractivity contribution < 1.29 is 32.7 Å². The monoisotopic (exact) mass is 588 g/mol. The average Bonchev–Trinajstić information content (AvgIpc) is 3.34. The molecule has 1 saturated heterocycles. The summed E-state index contributed by atoms with van der Waals surface area (Å²) in [4.78, 5) is 38.6. The second kappa shape index (κ2) is 14.4. The lowest BCUT2D eigenvalue weighted by Gasteiger charge is -2.24. The molecule has 3 rings (SSSR count). The van der Waals surface area contributed by atoms with E-state index < -0.39 is 46.8 Å². The number of nitrogens with two attached hydrogens (primary N) is 1. The predicted molar refractivity (Wildman–Crippen MR) is 146 cm³/mol. The second-order valence-electron chi connectivity index (χ2n) is 9.46. The summed E-state index contributed by atoms with van der Waals surface area (Å²) in [5, 5.41) is 14.4. The number of nitrogens with one attached hydrogen (secondary N) is 2. The number of nitrogens with zero attached hydrogens (tertiary/aromatic N) is 1. The number of carboxylic acid groups (broad SMARTS) is 1. The van der Waals surface area contributed by atoms with Crippen LogP contribution in [0.1, 0.15) is 31.4 Å². The fraction of sp³-hybridized carbons (Fsp3) is 0.423. The molecule has 1 heterocycles. The zero-order valence-electron chi connectivity index (χ0n) is 21.5. The van der Waals surface area contributed by atoms with Crippen molar-refractivity contribution in [3.05, 3.63) is 65.0 Å². The standard InChI is InChI=1S/C26H31F3N4O4S.ClH/c1-14(2)23(26(36)37)32-18-5-3-4-15(8-18)13-31-24(35)25-33(6-7-38-25)22(34)11-17(30)9-16-10-20(28)21(29)12-19(16)27;/h3-5,8,10,12,14,17,23,25,32H,6-7,9,11,13,30H2,1-2H3,(H,31,35)(H,36,37);1H/t17-,23+,25+;/m1./s1. The molecule has 2 amide bonds. The third kappa shape index (κ3) is 8.77. The lowest BCUT2D eigenvalue weighted by Crippen LogP contribution is -2.46. The maximum Gasteiger partial charge on any atom is 0.326 e. The minimum absolute atomic E-state index is 0. The van der Waals surface area contributed by atoms with Crippen LogP contribution in [0.3, 0.4) is 0 Å². The van der Waals surface area contributed by atoms with Gasteiger partial charge in [-0.25, -0.2) is 18.0 Å². The van der Waals surface area contributed by atoms with E-state index in [-0.39, 0.29) is 49.2 Å². The SMILES string of the molecule is CC(C)[C@H](Nc1cccc(CNC(=O)[C@@H]2SCCN2C(=O)C[C@H](N)Cc2cc(F)c(F)cc2F)c1)C(=O)O.Cl. The van der Waals surface area contributed by atoms with Crippen LogP contribution in [0.5, 0.6) is 0 Å². The molecule has 2 aromatic rings. The number of aliphatic carboxylic acids is 1. The summed E-state index contributed by atoms with van der Waals surface area (Å²) in [6, 6.07) is 6.58. The number of amides is 2. The molecule has 0 unspecified atom stereocenters. The lowest BCUT2D eigenvalue weighted by molar-refractivity contribution is -0.138. The van der Waals surface area contributed by atoms with E-state index in [0.717, 1.165) is 11.6 Å². The first-order valence-corrected chi connectivity index (χ1v) is 13.2. The van der Waals surface area contributed by atoms with Crippen molar-refractivity contribution in [1.82, 2.24) is 10.2 Å². The number of hydrogen-bond acceptors (Lipinski definition) is 6. The quantitative estimate of drug-likeness (QED) is 0.296. The molecule has 1 aliphatic heterocycles. The van der Waals surface area contributed by atoms with E-state index in [1.807, 2.05) is 0 Å². The van der Waals surface area contributed by atoms with Gasteiger partial charge in [0.1, 0.15) is 11.9 Å². The summed E-state index contributed by atoms with van der Waals surface area (Å²) >= 11 is 1.30. The Bertz CT molecular complexity index is 1190. The Morgan fingerprint density at radius 2 is 1.82 bits per heavy atom. The van der Waals surface area contributed by atoms with Crippen molar-refractivity contribution in [3.8, 4) is 0 Å². The maximum absolute atomic E-state index is 13.9. The van der Waals surface area contributed by atoms with Gasteiger partial charge in [0.2, 0.25) is 5.91 Å². The Labute approximate surface area is 235 Å². The van der Waals surface area contributed by atoms with E-state index >= 15 is 0 Å². The topological polar surface area (TPSA) is 125 Å². The Kier molecular flexibility index (Phi) is 11.9. The highest BCUT2D eigenvalue weighted by atomic mass is 35.5. The number of benzene rings is 2. The second-order valence-corrected chi connectivity index (χ2v) is 10.6. The molecular formula is C26H32ClF3N4O4S. The number of anilines is 1. The summed E-state index contributed by atoms with van der Waals surface area (Å²) in [6.07, 6.45) is -0.367. The largest absolute Gasteiger partial charge is 0.480 e. The molecule has 0 saturated carbocycles. The fourth-order valence-electron chi connectivity index (χ4n) is 4.10. The van der Waals surface area contributed by atoms with Crippen LogP contribution < -0.4 is 16.4 Å². The van der Waals surface area contributed by atoms with Gasteiger partial charge in [0, 0.05) is 43.1 Å². The molecule has 8 nitrogen and oxygen atoms in total. The minimum atomic E-state index is -1.30. The molecule has 3 atom stereocenters. The number of carboxylic acids is 1. The maximum atomic E-state index is 13.9. The van der Waals surface area contributed by atoms with E-state index in [9.17, 15) is 32.7 Å². The normalized spacial score (nSPS) is 16.4. The highest BCUT2D eigenvalue weighted by Gasteiger charge is 2.35. The van der Waals surface area contributed by atoms with Gasteiger partial charge in [-0.15, -0.1) is 24.2 Å². The molecule has 0 aliphatic carbocycles. The first-order chi connectivity index (χ1) is 18.0. The van der Waals surface area contributed by atoms with E-state index in [4.69, 9.17) is 5.73 Å². The highest BCUT2D eigenvalue weighted by molar-refractivity contribution is 8.00. The Morgan fingerprint density at radius 1 is 1.13 bits per heavy atom. The molecule has 0 bridgehead atoms. The molecule has 1 aliphatic rings. The molecule has 0 aromatic heterocycles. The fourth-order valence-corrected chi connectivity index (χ4v) is 5.26. The van der Waals surface area contributed by atoms with E-state index in [1.54, 1.807) is 38.1 Å². The van der Waals surface area contributed by atoms with Crippen LogP contribution in [-0.2, 0) is 27.3 Å². The van der Waals surface area contributed by atoms with Gasteiger partial charge in [0.15, 0.2) is 17.0 Å². The number of halogens is 4. The van der Waals surface area contributed by atoms with Crippen LogP contribution in [-0.4, -0.2) is 57.5 Å². The van der Waals surface area contributed by atoms with Crippen molar-refractivity contribution in [2.24, 2.45) is 11.7 Å². The highest BCUT2D eigenvalue weighted by Crippen LogP contribution is 2.26. The zero-order valence-corrected chi connectivity index (χ0v) is 23.1. The number of rotatable bonds is 11. The third-order valence-corrected chi connectivity index (χ3v) is 7.30. The number of carbonyl (C=O) groups excluding carboxylic acids is 2. The van der Waals surface area contributed by atoms with Crippen molar-refractivity contribution in [2.75, 3.05) is 17.6 Å². The van der Waals surface area contributed by atoms with Gasteiger partial charge in [-0.1, -0.05) is 26.0 Å². The van der Waals surface area contributed by atoms with Gasteiger partial charge in [-0.3, -0.25) is 9.59 Å². The minimum Gasteiger partial charge on any atom is -0.480 e. The number of carbonyl (C=O) groups is 3. The summed E-state index contributed by atoms with van der Waals surface area (Å²) in [7, 11) is 0. The average molecular weight is 589 g/mol. The molecule has 1 fully saturated rings. The summed E-state index contributed by atoms with van der Waals surface area (Å²) in [6.45, 7) is 4.10. The van der Waals surface area contributed by atoms with E-state index in [0.29, 0.717) is 24.1 Å². The van der Waals surface area contributed by atoms with Crippen molar-refractivity contribution in [1.29, 1.82) is 0 Å².